The van der Waals surface area contributed by atoms with Gasteiger partial charge in [0.15, 0.2) is 0 Å². The van der Waals surface area contributed by atoms with Gasteiger partial charge in [-0.2, -0.15) is 4.98 Å². The van der Waals surface area contributed by atoms with E-state index in [0.717, 1.165) is 5.69 Å². The molecular formula is C10H12N4O2. The molecule has 0 aliphatic carbocycles. The molecule has 0 atom stereocenters. The summed E-state index contributed by atoms with van der Waals surface area (Å²) in [4.78, 5) is 11.9. The highest BCUT2D eigenvalue weighted by atomic mass is 16.5. The number of nitrogens with zero attached hydrogens (tertiary/aromatic N) is 4. The molecule has 0 saturated carbocycles. The molecule has 6 nitrogen and oxygen atoms in total. The van der Waals surface area contributed by atoms with E-state index in [1.165, 1.54) is 0 Å². The molecule has 6 heteroatoms. The first-order valence-electron chi connectivity index (χ1n) is 4.80. The zero-order valence-electron chi connectivity index (χ0n) is 8.87. The summed E-state index contributed by atoms with van der Waals surface area (Å²) in [7, 11) is 1.89. The van der Waals surface area contributed by atoms with Crippen LogP contribution in [0.5, 0.6) is 6.01 Å². The smallest absolute Gasteiger partial charge is 0.317 e. The number of aliphatic hydroxyl groups excluding tert-OH is 1. The van der Waals surface area contributed by atoms with Crippen molar-refractivity contribution >= 4 is 0 Å². The average Bonchev–Trinajstić information content (AvgIpc) is 2.72. The molecule has 0 spiro atoms. The molecule has 0 amide bonds. The number of hydrogen-bond acceptors (Lipinski definition) is 5. The first-order chi connectivity index (χ1) is 7.79. The monoisotopic (exact) mass is 220 g/mol. The highest BCUT2D eigenvalue weighted by Gasteiger charge is 2.02. The van der Waals surface area contributed by atoms with Gasteiger partial charge in [0.2, 0.25) is 0 Å². The molecule has 0 unspecified atom stereocenters. The molecule has 0 aliphatic heterocycles. The van der Waals surface area contributed by atoms with Crippen molar-refractivity contribution in [3.63, 3.8) is 0 Å². The number of hydrogen-bond donors (Lipinski definition) is 1. The normalized spacial score (nSPS) is 10.4. The van der Waals surface area contributed by atoms with Crippen molar-refractivity contribution in [3.05, 3.63) is 36.2 Å². The summed E-state index contributed by atoms with van der Waals surface area (Å²) in [6.45, 7) is 0.232. The topological polar surface area (TPSA) is 73.1 Å². The lowest BCUT2D eigenvalue weighted by Gasteiger charge is -2.05. The van der Waals surface area contributed by atoms with Crippen molar-refractivity contribution in [2.24, 2.45) is 7.05 Å². The maximum Gasteiger partial charge on any atom is 0.317 e. The molecule has 2 rings (SSSR count). The third kappa shape index (κ3) is 2.34. The molecule has 84 valence electrons. The maximum absolute atomic E-state index is 8.90. The molecule has 0 radical (unpaired) electrons. The van der Waals surface area contributed by atoms with Crippen LogP contribution in [0.1, 0.15) is 11.4 Å². The van der Waals surface area contributed by atoms with Crippen LogP contribution in [0.15, 0.2) is 24.8 Å². The second kappa shape index (κ2) is 4.71. The molecule has 2 aromatic heterocycles. The van der Waals surface area contributed by atoms with E-state index in [9.17, 15) is 0 Å². The quantitative estimate of drug-likeness (QED) is 0.801. The van der Waals surface area contributed by atoms with E-state index in [1.807, 2.05) is 11.6 Å². The van der Waals surface area contributed by atoms with Gasteiger partial charge < -0.3 is 14.4 Å². The van der Waals surface area contributed by atoms with Crippen LogP contribution in [0.25, 0.3) is 0 Å². The summed E-state index contributed by atoms with van der Waals surface area (Å²) in [6.07, 6.45) is 4.97. The van der Waals surface area contributed by atoms with Gasteiger partial charge in [-0.3, -0.25) is 0 Å². The third-order valence-corrected chi connectivity index (χ3v) is 2.12. The first kappa shape index (κ1) is 10.6. The predicted octanol–water partition coefficient (Wildman–Crippen LogP) is 0.281. The lowest BCUT2D eigenvalue weighted by atomic mass is 10.4. The highest BCUT2D eigenvalue weighted by Crippen LogP contribution is 2.06. The minimum atomic E-state index is -0.120. The largest absolute Gasteiger partial charge is 0.457 e. The van der Waals surface area contributed by atoms with Gasteiger partial charge in [0.25, 0.3) is 0 Å². The molecule has 16 heavy (non-hydrogen) atoms. The second-order valence-electron chi connectivity index (χ2n) is 3.27. The molecule has 0 aliphatic rings. The van der Waals surface area contributed by atoms with Crippen molar-refractivity contribution in [2.45, 2.75) is 13.2 Å². The maximum atomic E-state index is 8.90. The Morgan fingerprint density at radius 2 is 2.38 bits per heavy atom. The molecule has 0 bridgehead atoms. The molecule has 1 N–H and O–H groups in total. The van der Waals surface area contributed by atoms with E-state index in [1.54, 1.807) is 24.8 Å². The Kier molecular flexibility index (Phi) is 3.11. The fourth-order valence-electron chi connectivity index (χ4n) is 1.20. The van der Waals surface area contributed by atoms with Crippen molar-refractivity contribution in [3.8, 4) is 6.01 Å². The summed E-state index contributed by atoms with van der Waals surface area (Å²) in [5, 5.41) is 8.90. The number of aryl methyl sites for hydroxylation is 1. The Morgan fingerprint density at radius 1 is 1.50 bits per heavy atom. The number of aliphatic hydroxyl groups is 1. The van der Waals surface area contributed by atoms with Crippen molar-refractivity contribution in [1.29, 1.82) is 0 Å². The SMILES string of the molecule is Cn1cncc1COc1nccc(CO)n1. The predicted molar refractivity (Wildman–Crippen MR) is 55.5 cm³/mol. The highest BCUT2D eigenvalue weighted by molar-refractivity contribution is 5.05. The van der Waals surface area contributed by atoms with Crippen LogP contribution in [0.3, 0.4) is 0 Å². The van der Waals surface area contributed by atoms with Crippen molar-refractivity contribution in [2.75, 3.05) is 0 Å². The molecule has 0 fully saturated rings. The van der Waals surface area contributed by atoms with E-state index in [-0.39, 0.29) is 12.6 Å². The number of imidazole rings is 1. The molecule has 2 heterocycles. The van der Waals surface area contributed by atoms with E-state index >= 15 is 0 Å². The van der Waals surface area contributed by atoms with Crippen molar-refractivity contribution in [1.82, 2.24) is 19.5 Å². The van der Waals surface area contributed by atoms with Crippen LogP contribution in [0.4, 0.5) is 0 Å². The van der Waals surface area contributed by atoms with Crippen LogP contribution in [0, 0.1) is 0 Å². The molecule has 2 aromatic rings. The van der Waals surface area contributed by atoms with E-state index < -0.39 is 0 Å². The van der Waals surface area contributed by atoms with Crippen LogP contribution in [-0.2, 0) is 20.3 Å². The van der Waals surface area contributed by atoms with Gasteiger partial charge in [-0.15, -0.1) is 0 Å². The van der Waals surface area contributed by atoms with Gasteiger partial charge in [0.1, 0.15) is 6.61 Å². The zero-order valence-corrected chi connectivity index (χ0v) is 8.87. The fraction of sp³-hybridized carbons (Fsp3) is 0.300. The summed E-state index contributed by atoms with van der Waals surface area (Å²) >= 11 is 0. The second-order valence-corrected chi connectivity index (χ2v) is 3.27. The summed E-state index contributed by atoms with van der Waals surface area (Å²) in [5.74, 6) is 0. The van der Waals surface area contributed by atoms with Crippen LogP contribution in [-0.4, -0.2) is 24.6 Å². The fourth-order valence-corrected chi connectivity index (χ4v) is 1.20. The van der Waals surface area contributed by atoms with Crippen molar-refractivity contribution < 1.29 is 9.84 Å². The Balaban J connectivity index is 2.02. The summed E-state index contributed by atoms with van der Waals surface area (Å²) < 4.78 is 7.24. The van der Waals surface area contributed by atoms with Gasteiger partial charge in [-0.25, -0.2) is 9.97 Å². The molecular weight excluding hydrogens is 208 g/mol. The minimum absolute atomic E-state index is 0.120. The number of aromatic nitrogens is 4. The molecule has 0 aromatic carbocycles. The van der Waals surface area contributed by atoms with E-state index in [0.29, 0.717) is 12.3 Å². The van der Waals surface area contributed by atoms with Gasteiger partial charge in [0.05, 0.1) is 30.5 Å². The van der Waals surface area contributed by atoms with E-state index in [4.69, 9.17) is 9.84 Å². The Morgan fingerprint density at radius 3 is 3.06 bits per heavy atom. The summed E-state index contributed by atoms with van der Waals surface area (Å²) in [6, 6.07) is 1.89. The molecule has 0 saturated heterocycles. The van der Waals surface area contributed by atoms with Gasteiger partial charge >= 0.3 is 6.01 Å². The Labute approximate surface area is 92.6 Å². The number of ether oxygens (including phenoxy) is 1. The zero-order chi connectivity index (χ0) is 11.4. The lowest BCUT2D eigenvalue weighted by Crippen LogP contribution is -2.04. The number of rotatable bonds is 4. The minimum Gasteiger partial charge on any atom is -0.457 e. The van der Waals surface area contributed by atoms with Gasteiger partial charge in [-0.05, 0) is 6.07 Å². The lowest BCUT2D eigenvalue weighted by molar-refractivity contribution is 0.256. The van der Waals surface area contributed by atoms with Gasteiger partial charge in [0, 0.05) is 13.2 Å². The van der Waals surface area contributed by atoms with Gasteiger partial charge in [-0.1, -0.05) is 0 Å². The first-order valence-corrected chi connectivity index (χ1v) is 4.80. The summed E-state index contributed by atoms with van der Waals surface area (Å²) in [5.41, 5.74) is 1.47. The third-order valence-electron chi connectivity index (χ3n) is 2.12. The van der Waals surface area contributed by atoms with E-state index in [2.05, 4.69) is 15.0 Å². The van der Waals surface area contributed by atoms with Crippen LogP contribution >= 0.6 is 0 Å². The standard InChI is InChI=1S/C10H12N4O2/c1-14-7-11-4-9(14)6-16-10-12-3-2-8(5-15)13-10/h2-4,7,15H,5-6H2,1H3. The van der Waals surface area contributed by atoms with Crippen LogP contribution < -0.4 is 4.74 Å². The Hall–Kier alpha value is -1.95. The Bertz CT molecular complexity index is 469. The van der Waals surface area contributed by atoms with Crippen LogP contribution in [0.2, 0.25) is 0 Å². The average molecular weight is 220 g/mol.